The third-order valence-corrected chi connectivity index (χ3v) is 1.52. The quantitative estimate of drug-likeness (QED) is 0.606. The summed E-state index contributed by atoms with van der Waals surface area (Å²) in [7, 11) is 0. The first-order chi connectivity index (χ1) is 5.42. The Kier molecular flexibility index (Phi) is 1.18. The third kappa shape index (κ3) is 0.797. The number of carbonyl (C=O) groups is 1. The van der Waals surface area contributed by atoms with Gasteiger partial charge in [-0.2, -0.15) is 5.10 Å². The molecule has 54 valence electrons. The highest BCUT2D eigenvalue weighted by molar-refractivity contribution is 5.93. The third-order valence-electron chi connectivity index (χ3n) is 1.52. The van der Waals surface area contributed by atoms with Crippen LogP contribution >= 0.6 is 0 Å². The van der Waals surface area contributed by atoms with Crippen molar-refractivity contribution in [2.45, 2.75) is 0 Å². The smallest absolute Gasteiger partial charge is 0.171 e. The molecule has 0 aliphatic carbocycles. The number of aromatic amines is 1. The van der Waals surface area contributed by atoms with Crippen LogP contribution < -0.4 is 0 Å². The second kappa shape index (κ2) is 2.16. The molecule has 0 saturated heterocycles. The van der Waals surface area contributed by atoms with Gasteiger partial charge in [-0.15, -0.1) is 5.10 Å². The number of aldehydes is 1. The fourth-order valence-corrected chi connectivity index (χ4v) is 1.00. The Morgan fingerprint density at radius 3 is 3.27 bits per heavy atom. The zero-order chi connectivity index (χ0) is 7.68. The van der Waals surface area contributed by atoms with Crippen molar-refractivity contribution in [3.05, 3.63) is 24.2 Å². The summed E-state index contributed by atoms with van der Waals surface area (Å²) in [4.78, 5) is 13.3. The second-order valence-electron chi connectivity index (χ2n) is 2.15. The maximum absolute atomic E-state index is 10.4. The zero-order valence-electron chi connectivity index (χ0n) is 5.61. The number of aromatic nitrogens is 3. The summed E-state index contributed by atoms with van der Waals surface area (Å²) in [5.74, 6) is 0. The van der Waals surface area contributed by atoms with Gasteiger partial charge in [-0.3, -0.25) is 4.79 Å². The second-order valence-corrected chi connectivity index (χ2v) is 2.15. The van der Waals surface area contributed by atoms with Crippen LogP contribution in [0, 0.1) is 0 Å². The molecule has 0 aliphatic rings. The normalized spacial score (nSPS) is 10.2. The summed E-state index contributed by atoms with van der Waals surface area (Å²) in [6.45, 7) is 0. The Hall–Kier alpha value is -1.71. The predicted molar refractivity (Wildman–Crippen MR) is 39.3 cm³/mol. The molecule has 2 heterocycles. The van der Waals surface area contributed by atoms with Crippen LogP contribution in [-0.4, -0.2) is 21.5 Å². The minimum atomic E-state index is 0.378. The molecule has 4 heteroatoms. The van der Waals surface area contributed by atoms with Crippen LogP contribution in [0.4, 0.5) is 0 Å². The standard InChI is InChI=1S/C7H5N3O/c11-4-7-5-1-2-8-6(5)3-9-10-7/h1-4,8H. The molecule has 4 nitrogen and oxygen atoms in total. The molecule has 0 aliphatic heterocycles. The molecule has 1 N–H and O–H groups in total. The first-order valence-corrected chi connectivity index (χ1v) is 3.16. The molecule has 2 aromatic heterocycles. The number of hydrogen-bond donors (Lipinski definition) is 1. The maximum Gasteiger partial charge on any atom is 0.171 e. The lowest BCUT2D eigenvalue weighted by Crippen LogP contribution is -1.89. The Balaban J connectivity index is 2.88. The van der Waals surface area contributed by atoms with Crippen molar-refractivity contribution >= 4 is 17.2 Å². The zero-order valence-corrected chi connectivity index (χ0v) is 5.61. The van der Waals surface area contributed by atoms with Gasteiger partial charge < -0.3 is 4.98 Å². The van der Waals surface area contributed by atoms with Gasteiger partial charge in [0.1, 0.15) is 5.69 Å². The highest BCUT2D eigenvalue weighted by Gasteiger charge is 2.00. The van der Waals surface area contributed by atoms with Gasteiger partial charge in [0.05, 0.1) is 11.7 Å². The number of fused-ring (bicyclic) bond motifs is 1. The Bertz CT molecular complexity index is 393. The molecule has 0 bridgehead atoms. The van der Waals surface area contributed by atoms with E-state index in [9.17, 15) is 4.79 Å². The van der Waals surface area contributed by atoms with Crippen molar-refractivity contribution in [2.24, 2.45) is 0 Å². The van der Waals surface area contributed by atoms with Crippen molar-refractivity contribution in [1.82, 2.24) is 15.2 Å². The highest BCUT2D eigenvalue weighted by atomic mass is 16.1. The molecule has 0 radical (unpaired) electrons. The van der Waals surface area contributed by atoms with Crippen molar-refractivity contribution in [1.29, 1.82) is 0 Å². The lowest BCUT2D eigenvalue weighted by atomic mass is 10.3. The van der Waals surface area contributed by atoms with E-state index in [1.54, 1.807) is 18.5 Å². The number of carbonyl (C=O) groups excluding carboxylic acids is 1. The molecule has 0 spiro atoms. The average Bonchev–Trinajstić information content (AvgIpc) is 2.50. The van der Waals surface area contributed by atoms with E-state index in [-0.39, 0.29) is 0 Å². The number of rotatable bonds is 1. The summed E-state index contributed by atoms with van der Waals surface area (Å²) < 4.78 is 0. The summed E-state index contributed by atoms with van der Waals surface area (Å²) in [6.07, 6.45) is 4.03. The van der Waals surface area contributed by atoms with E-state index < -0.39 is 0 Å². The fraction of sp³-hybridized carbons (Fsp3) is 0. The molecular weight excluding hydrogens is 142 g/mol. The first-order valence-electron chi connectivity index (χ1n) is 3.16. The molecule has 0 saturated carbocycles. The Morgan fingerprint density at radius 1 is 1.55 bits per heavy atom. The van der Waals surface area contributed by atoms with Crippen LogP contribution in [0.2, 0.25) is 0 Å². The van der Waals surface area contributed by atoms with Crippen LogP contribution in [-0.2, 0) is 0 Å². The summed E-state index contributed by atoms with van der Waals surface area (Å²) in [5, 5.41) is 8.12. The van der Waals surface area contributed by atoms with Crippen LogP contribution in [0.3, 0.4) is 0 Å². The molecule has 0 aromatic carbocycles. The van der Waals surface area contributed by atoms with Crippen molar-refractivity contribution in [2.75, 3.05) is 0 Å². The molecular formula is C7H5N3O. The van der Waals surface area contributed by atoms with Crippen LogP contribution in [0.1, 0.15) is 10.5 Å². The molecule has 0 atom stereocenters. The number of hydrogen-bond acceptors (Lipinski definition) is 3. The Morgan fingerprint density at radius 2 is 2.45 bits per heavy atom. The highest BCUT2D eigenvalue weighted by Crippen LogP contribution is 2.11. The number of nitrogens with one attached hydrogen (secondary N) is 1. The summed E-state index contributed by atoms with van der Waals surface area (Å²) in [6, 6.07) is 1.80. The van der Waals surface area contributed by atoms with E-state index in [4.69, 9.17) is 0 Å². The van der Waals surface area contributed by atoms with Gasteiger partial charge in [0.25, 0.3) is 0 Å². The van der Waals surface area contributed by atoms with E-state index in [2.05, 4.69) is 15.2 Å². The van der Waals surface area contributed by atoms with Crippen LogP contribution in [0.25, 0.3) is 10.9 Å². The molecule has 2 rings (SSSR count). The van der Waals surface area contributed by atoms with E-state index in [0.29, 0.717) is 12.0 Å². The van der Waals surface area contributed by atoms with Crippen molar-refractivity contribution in [3.8, 4) is 0 Å². The van der Waals surface area contributed by atoms with Gasteiger partial charge in [0, 0.05) is 11.6 Å². The molecule has 0 amide bonds. The van der Waals surface area contributed by atoms with E-state index in [1.807, 2.05) is 0 Å². The lowest BCUT2D eigenvalue weighted by molar-refractivity contribution is 0.112. The van der Waals surface area contributed by atoms with E-state index in [0.717, 1.165) is 10.9 Å². The van der Waals surface area contributed by atoms with E-state index >= 15 is 0 Å². The van der Waals surface area contributed by atoms with Gasteiger partial charge in [-0.1, -0.05) is 0 Å². The lowest BCUT2D eigenvalue weighted by Gasteiger charge is -1.89. The molecule has 11 heavy (non-hydrogen) atoms. The largest absolute Gasteiger partial charge is 0.360 e. The topological polar surface area (TPSA) is 58.6 Å². The fourth-order valence-electron chi connectivity index (χ4n) is 1.00. The number of nitrogens with zero attached hydrogens (tertiary/aromatic N) is 2. The minimum Gasteiger partial charge on any atom is -0.360 e. The van der Waals surface area contributed by atoms with Gasteiger partial charge >= 0.3 is 0 Å². The van der Waals surface area contributed by atoms with Gasteiger partial charge in [-0.25, -0.2) is 0 Å². The molecule has 2 aromatic rings. The van der Waals surface area contributed by atoms with Gasteiger partial charge in [-0.05, 0) is 6.07 Å². The van der Waals surface area contributed by atoms with Crippen LogP contribution in [0.15, 0.2) is 18.5 Å². The Labute approximate surface area is 62.3 Å². The first kappa shape index (κ1) is 6.03. The van der Waals surface area contributed by atoms with Gasteiger partial charge in [0.2, 0.25) is 0 Å². The van der Waals surface area contributed by atoms with E-state index in [1.165, 1.54) is 0 Å². The van der Waals surface area contributed by atoms with Crippen molar-refractivity contribution in [3.63, 3.8) is 0 Å². The maximum atomic E-state index is 10.4. The predicted octanol–water partition coefficient (Wildman–Crippen LogP) is 0.770. The van der Waals surface area contributed by atoms with Crippen molar-refractivity contribution < 1.29 is 4.79 Å². The average molecular weight is 147 g/mol. The molecule has 0 fully saturated rings. The number of H-pyrrole nitrogens is 1. The SMILES string of the molecule is O=Cc1nncc2[nH]ccc12. The van der Waals surface area contributed by atoms with Gasteiger partial charge in [0.15, 0.2) is 6.29 Å². The monoisotopic (exact) mass is 147 g/mol. The minimum absolute atomic E-state index is 0.378. The molecule has 0 unspecified atom stereocenters. The van der Waals surface area contributed by atoms with Crippen LogP contribution in [0.5, 0.6) is 0 Å². The summed E-state index contributed by atoms with van der Waals surface area (Å²) >= 11 is 0. The summed E-state index contributed by atoms with van der Waals surface area (Å²) in [5.41, 5.74) is 1.21.